The fourth-order valence-electron chi connectivity index (χ4n) is 1.71. The molecular weight excluding hydrogens is 243 g/mol. The molecule has 1 unspecified atom stereocenters. The summed E-state index contributed by atoms with van der Waals surface area (Å²) in [5, 5.41) is 2.87. The number of ether oxygens (including phenoxy) is 1. The summed E-state index contributed by atoms with van der Waals surface area (Å²) in [6, 6.07) is 1.80. The monoisotopic (exact) mass is 261 g/mol. The lowest BCUT2D eigenvalue weighted by molar-refractivity contribution is 0.125. The van der Waals surface area contributed by atoms with Crippen LogP contribution >= 0.6 is 0 Å². The summed E-state index contributed by atoms with van der Waals surface area (Å²) in [5.41, 5.74) is 0.122. The van der Waals surface area contributed by atoms with Gasteiger partial charge in [0, 0.05) is 24.8 Å². The molecule has 1 aromatic rings. The molecule has 0 bridgehead atoms. The summed E-state index contributed by atoms with van der Waals surface area (Å²) in [7, 11) is 1.64. The van der Waals surface area contributed by atoms with E-state index in [0.29, 0.717) is 19.6 Å². The molecule has 0 radical (unpaired) electrons. The van der Waals surface area contributed by atoms with Crippen LogP contribution in [0.15, 0.2) is 12.1 Å². The molecule has 1 atom stereocenters. The number of halogens is 3. The Kier molecular flexibility index (Phi) is 6.15. The van der Waals surface area contributed by atoms with Crippen LogP contribution in [0.25, 0.3) is 0 Å². The Morgan fingerprint density at radius 1 is 1.17 bits per heavy atom. The quantitative estimate of drug-likeness (QED) is 0.601. The highest BCUT2D eigenvalue weighted by atomic mass is 19.2. The Balaban J connectivity index is 2.73. The zero-order valence-corrected chi connectivity index (χ0v) is 10.6. The first-order valence-electron chi connectivity index (χ1n) is 6.00. The van der Waals surface area contributed by atoms with E-state index < -0.39 is 23.5 Å². The lowest BCUT2D eigenvalue weighted by Crippen LogP contribution is -2.20. The second-order valence-electron chi connectivity index (χ2n) is 4.01. The molecule has 0 aliphatic heterocycles. The average Bonchev–Trinajstić information content (AvgIpc) is 2.38. The van der Waals surface area contributed by atoms with Gasteiger partial charge in [-0.05, 0) is 26.0 Å². The molecule has 1 N–H and O–H groups in total. The molecule has 0 saturated carbocycles. The summed E-state index contributed by atoms with van der Waals surface area (Å²) >= 11 is 0. The molecule has 0 amide bonds. The van der Waals surface area contributed by atoms with E-state index >= 15 is 0 Å². The van der Waals surface area contributed by atoms with Gasteiger partial charge in [-0.15, -0.1) is 0 Å². The van der Waals surface area contributed by atoms with E-state index in [1.807, 2.05) is 6.92 Å². The topological polar surface area (TPSA) is 21.3 Å². The second kappa shape index (κ2) is 7.38. The highest BCUT2D eigenvalue weighted by Crippen LogP contribution is 2.23. The Labute approximate surface area is 105 Å². The van der Waals surface area contributed by atoms with E-state index in [2.05, 4.69) is 5.32 Å². The number of nitrogens with one attached hydrogen (secondary N) is 1. The van der Waals surface area contributed by atoms with E-state index in [1.54, 1.807) is 7.05 Å². The molecular formula is C13H18F3NO. The fourth-order valence-corrected chi connectivity index (χ4v) is 1.71. The van der Waals surface area contributed by atoms with Crippen molar-refractivity contribution in [2.24, 2.45) is 0 Å². The highest BCUT2D eigenvalue weighted by Gasteiger charge is 2.19. The van der Waals surface area contributed by atoms with Crippen LogP contribution in [0, 0.1) is 17.5 Å². The number of hydrogen-bond acceptors (Lipinski definition) is 2. The molecule has 18 heavy (non-hydrogen) atoms. The SMILES string of the molecule is CCCOCCC(NC)c1ccc(F)c(F)c1F. The summed E-state index contributed by atoms with van der Waals surface area (Å²) in [6.07, 6.45) is 1.41. The van der Waals surface area contributed by atoms with Gasteiger partial charge < -0.3 is 10.1 Å². The molecule has 0 aliphatic carbocycles. The van der Waals surface area contributed by atoms with Crippen LogP contribution in [-0.2, 0) is 4.74 Å². The largest absolute Gasteiger partial charge is 0.381 e. The molecule has 0 spiro atoms. The summed E-state index contributed by atoms with van der Waals surface area (Å²) < 4.78 is 44.8. The number of rotatable bonds is 7. The standard InChI is InChI=1S/C13H18F3NO/c1-3-7-18-8-6-11(17-2)9-4-5-10(14)13(16)12(9)15/h4-5,11,17H,3,6-8H2,1-2H3. The van der Waals surface area contributed by atoms with Crippen molar-refractivity contribution in [3.63, 3.8) is 0 Å². The predicted octanol–water partition coefficient (Wildman–Crippen LogP) is 3.18. The first-order chi connectivity index (χ1) is 8.61. The minimum absolute atomic E-state index is 0.122. The predicted molar refractivity (Wildman–Crippen MR) is 63.8 cm³/mol. The van der Waals surface area contributed by atoms with E-state index in [0.717, 1.165) is 12.5 Å². The molecule has 2 nitrogen and oxygen atoms in total. The van der Waals surface area contributed by atoms with E-state index in [4.69, 9.17) is 4.74 Å². The summed E-state index contributed by atoms with van der Waals surface area (Å²) in [6.45, 7) is 3.07. The van der Waals surface area contributed by atoms with Gasteiger partial charge in [0.15, 0.2) is 17.5 Å². The van der Waals surface area contributed by atoms with Crippen molar-refractivity contribution in [2.45, 2.75) is 25.8 Å². The molecule has 0 aliphatic rings. The van der Waals surface area contributed by atoms with Crippen LogP contribution in [0.1, 0.15) is 31.4 Å². The molecule has 0 saturated heterocycles. The van der Waals surface area contributed by atoms with Crippen LogP contribution in [0.3, 0.4) is 0 Å². The first kappa shape index (κ1) is 15.0. The molecule has 5 heteroatoms. The van der Waals surface area contributed by atoms with Crippen LogP contribution in [0.4, 0.5) is 13.2 Å². The average molecular weight is 261 g/mol. The molecule has 102 valence electrons. The van der Waals surface area contributed by atoms with Crippen molar-refractivity contribution in [3.8, 4) is 0 Å². The van der Waals surface area contributed by atoms with Gasteiger partial charge in [-0.2, -0.15) is 0 Å². The van der Waals surface area contributed by atoms with Gasteiger partial charge in [0.2, 0.25) is 0 Å². The zero-order valence-electron chi connectivity index (χ0n) is 10.6. The van der Waals surface area contributed by atoms with Crippen LogP contribution in [0.2, 0.25) is 0 Å². The smallest absolute Gasteiger partial charge is 0.194 e. The maximum atomic E-state index is 13.6. The van der Waals surface area contributed by atoms with E-state index in [1.165, 1.54) is 6.07 Å². The third-order valence-corrected chi connectivity index (χ3v) is 2.69. The van der Waals surface area contributed by atoms with Gasteiger partial charge >= 0.3 is 0 Å². The maximum Gasteiger partial charge on any atom is 0.194 e. The van der Waals surface area contributed by atoms with Gasteiger partial charge in [0.1, 0.15) is 0 Å². The third-order valence-electron chi connectivity index (χ3n) is 2.69. The zero-order chi connectivity index (χ0) is 13.5. The van der Waals surface area contributed by atoms with Crippen molar-refractivity contribution in [1.82, 2.24) is 5.32 Å². The maximum absolute atomic E-state index is 13.6. The first-order valence-corrected chi connectivity index (χ1v) is 6.00. The van der Waals surface area contributed by atoms with Crippen molar-refractivity contribution >= 4 is 0 Å². The highest BCUT2D eigenvalue weighted by molar-refractivity contribution is 5.23. The Morgan fingerprint density at radius 2 is 1.89 bits per heavy atom. The normalized spacial score (nSPS) is 12.7. The summed E-state index contributed by atoms with van der Waals surface area (Å²) in [5.74, 6) is -3.74. The van der Waals surface area contributed by atoms with Crippen LogP contribution in [0.5, 0.6) is 0 Å². The van der Waals surface area contributed by atoms with Gasteiger partial charge in [-0.3, -0.25) is 0 Å². The summed E-state index contributed by atoms with van der Waals surface area (Å²) in [4.78, 5) is 0. The van der Waals surface area contributed by atoms with Gasteiger partial charge in [0.25, 0.3) is 0 Å². The van der Waals surface area contributed by atoms with E-state index in [-0.39, 0.29) is 5.56 Å². The van der Waals surface area contributed by atoms with Crippen molar-refractivity contribution in [3.05, 3.63) is 35.1 Å². The fraction of sp³-hybridized carbons (Fsp3) is 0.538. The Bertz CT molecular complexity index is 385. The minimum atomic E-state index is -1.43. The Hall–Kier alpha value is -1.07. The molecule has 1 rings (SSSR count). The Morgan fingerprint density at radius 3 is 2.50 bits per heavy atom. The number of hydrogen-bond donors (Lipinski definition) is 1. The minimum Gasteiger partial charge on any atom is -0.381 e. The van der Waals surface area contributed by atoms with Crippen LogP contribution < -0.4 is 5.32 Å². The second-order valence-corrected chi connectivity index (χ2v) is 4.01. The molecule has 0 aromatic heterocycles. The van der Waals surface area contributed by atoms with Crippen molar-refractivity contribution < 1.29 is 17.9 Å². The lowest BCUT2D eigenvalue weighted by Gasteiger charge is -2.17. The van der Waals surface area contributed by atoms with Crippen LogP contribution in [-0.4, -0.2) is 20.3 Å². The van der Waals surface area contributed by atoms with Crippen molar-refractivity contribution in [1.29, 1.82) is 0 Å². The van der Waals surface area contributed by atoms with Crippen molar-refractivity contribution in [2.75, 3.05) is 20.3 Å². The van der Waals surface area contributed by atoms with Gasteiger partial charge in [-0.25, -0.2) is 13.2 Å². The van der Waals surface area contributed by atoms with Gasteiger partial charge in [-0.1, -0.05) is 13.0 Å². The number of benzene rings is 1. The van der Waals surface area contributed by atoms with Gasteiger partial charge in [0.05, 0.1) is 0 Å². The molecule has 1 aromatic carbocycles. The molecule has 0 fully saturated rings. The van der Waals surface area contributed by atoms with E-state index in [9.17, 15) is 13.2 Å². The third kappa shape index (κ3) is 3.71. The lowest BCUT2D eigenvalue weighted by atomic mass is 10.0. The molecule has 0 heterocycles.